The first kappa shape index (κ1) is 13.6. The van der Waals surface area contributed by atoms with Crippen molar-refractivity contribution >= 4 is 11.3 Å². The van der Waals surface area contributed by atoms with Crippen LogP contribution in [0.4, 0.5) is 0 Å². The quantitative estimate of drug-likeness (QED) is 0.929. The summed E-state index contributed by atoms with van der Waals surface area (Å²) >= 11 is 1.83. The Morgan fingerprint density at radius 2 is 2.35 bits per heavy atom. The van der Waals surface area contributed by atoms with Gasteiger partial charge in [-0.1, -0.05) is 19.1 Å². The van der Waals surface area contributed by atoms with E-state index in [2.05, 4.69) is 24.4 Å². The first-order valence-electron chi connectivity index (χ1n) is 7.19. The highest BCUT2D eigenvalue weighted by Crippen LogP contribution is 2.37. The van der Waals surface area contributed by atoms with Crippen molar-refractivity contribution in [3.63, 3.8) is 0 Å². The molecule has 0 aliphatic heterocycles. The number of ether oxygens (including phenoxy) is 1. The molecule has 0 saturated carbocycles. The molecule has 3 rings (SSSR count). The summed E-state index contributed by atoms with van der Waals surface area (Å²) in [5.41, 5.74) is 2.42. The Labute approximate surface area is 124 Å². The average Bonchev–Trinajstić information content (AvgIpc) is 2.93. The molecule has 3 nitrogen and oxygen atoms in total. The number of hydrogen-bond acceptors (Lipinski definition) is 4. The van der Waals surface area contributed by atoms with Crippen molar-refractivity contribution in [2.45, 2.75) is 32.2 Å². The monoisotopic (exact) mass is 288 g/mol. The minimum atomic E-state index is 0.430. The highest BCUT2D eigenvalue weighted by Gasteiger charge is 2.24. The Balaban J connectivity index is 1.95. The Hall–Kier alpha value is -1.39. The summed E-state index contributed by atoms with van der Waals surface area (Å²) in [6, 6.07) is 8.59. The molecular formula is C16H20N2OS. The number of aryl methyl sites for hydroxylation is 1. The van der Waals surface area contributed by atoms with E-state index < -0.39 is 0 Å². The first-order valence-corrected chi connectivity index (χ1v) is 8.01. The van der Waals surface area contributed by atoms with Gasteiger partial charge in [0.05, 0.1) is 18.8 Å². The highest BCUT2D eigenvalue weighted by molar-refractivity contribution is 7.15. The molecule has 1 aromatic heterocycles. The normalized spacial score (nSPS) is 17.8. The Bertz CT molecular complexity index is 594. The zero-order valence-corrected chi connectivity index (χ0v) is 12.8. The third-order valence-electron chi connectivity index (χ3n) is 3.72. The molecule has 2 aromatic rings. The summed E-state index contributed by atoms with van der Waals surface area (Å²) in [7, 11) is 1.70. The van der Waals surface area contributed by atoms with Crippen molar-refractivity contribution in [3.05, 3.63) is 34.8 Å². The predicted octanol–water partition coefficient (Wildman–Crippen LogP) is 3.81. The van der Waals surface area contributed by atoms with Crippen molar-refractivity contribution in [2.75, 3.05) is 13.7 Å². The second kappa shape index (κ2) is 5.94. The summed E-state index contributed by atoms with van der Waals surface area (Å²) in [6.45, 7) is 3.15. The third-order valence-corrected chi connectivity index (χ3v) is 4.90. The molecule has 0 bridgehead atoms. The van der Waals surface area contributed by atoms with E-state index in [1.165, 1.54) is 29.8 Å². The number of fused-ring (bicyclic) bond motifs is 1. The summed E-state index contributed by atoms with van der Waals surface area (Å²) in [5, 5.41) is 4.66. The van der Waals surface area contributed by atoms with Gasteiger partial charge in [-0.3, -0.25) is 0 Å². The second-order valence-corrected chi connectivity index (χ2v) is 6.15. The molecule has 106 valence electrons. The van der Waals surface area contributed by atoms with Gasteiger partial charge in [0.25, 0.3) is 0 Å². The third kappa shape index (κ3) is 2.58. The van der Waals surface area contributed by atoms with Gasteiger partial charge in [0, 0.05) is 10.4 Å². The minimum Gasteiger partial charge on any atom is -0.497 e. The van der Waals surface area contributed by atoms with Crippen molar-refractivity contribution in [1.82, 2.24) is 10.3 Å². The van der Waals surface area contributed by atoms with Crippen LogP contribution in [0.5, 0.6) is 5.75 Å². The summed E-state index contributed by atoms with van der Waals surface area (Å²) in [5.74, 6) is 0.888. The molecule has 1 atom stereocenters. The Morgan fingerprint density at radius 1 is 1.45 bits per heavy atom. The van der Waals surface area contributed by atoms with Crippen LogP contribution in [0.15, 0.2) is 24.3 Å². The molecule has 4 heteroatoms. The molecule has 0 spiro atoms. The number of thiazole rings is 1. The molecule has 0 saturated heterocycles. The maximum absolute atomic E-state index is 5.30. The number of hydrogen-bond donors (Lipinski definition) is 1. The van der Waals surface area contributed by atoms with Crippen molar-refractivity contribution < 1.29 is 4.74 Å². The van der Waals surface area contributed by atoms with Crippen LogP contribution in [0.1, 0.15) is 36.4 Å². The summed E-state index contributed by atoms with van der Waals surface area (Å²) in [6.07, 6.45) is 3.62. The predicted molar refractivity (Wildman–Crippen MR) is 83.5 cm³/mol. The van der Waals surface area contributed by atoms with E-state index in [4.69, 9.17) is 9.72 Å². The van der Waals surface area contributed by atoms with Crippen LogP contribution in [0.2, 0.25) is 0 Å². The molecule has 0 radical (unpaired) electrons. The first-order chi connectivity index (χ1) is 9.81. The molecule has 1 unspecified atom stereocenters. The van der Waals surface area contributed by atoms with E-state index >= 15 is 0 Å². The average molecular weight is 288 g/mol. The number of aromatic nitrogens is 1. The lowest BCUT2D eigenvalue weighted by Crippen LogP contribution is -2.24. The van der Waals surface area contributed by atoms with Gasteiger partial charge in [-0.25, -0.2) is 4.98 Å². The molecule has 0 fully saturated rings. The molecule has 1 aliphatic rings. The van der Waals surface area contributed by atoms with Gasteiger partial charge in [0.2, 0.25) is 0 Å². The van der Waals surface area contributed by atoms with Crippen LogP contribution in [-0.2, 0) is 6.42 Å². The van der Waals surface area contributed by atoms with Gasteiger partial charge < -0.3 is 10.1 Å². The zero-order valence-electron chi connectivity index (χ0n) is 12.0. The zero-order chi connectivity index (χ0) is 13.9. The molecule has 1 aromatic carbocycles. The lowest BCUT2D eigenvalue weighted by Gasteiger charge is -2.21. The number of rotatable bonds is 4. The Morgan fingerprint density at radius 3 is 3.15 bits per heavy atom. The van der Waals surface area contributed by atoms with E-state index in [1.807, 2.05) is 23.5 Å². The van der Waals surface area contributed by atoms with Gasteiger partial charge in [0.15, 0.2) is 0 Å². The van der Waals surface area contributed by atoms with Gasteiger partial charge in [-0.2, -0.15) is 0 Å². The lowest BCUT2D eigenvalue weighted by atomic mass is 9.97. The number of benzene rings is 1. The van der Waals surface area contributed by atoms with Crippen LogP contribution in [0.25, 0.3) is 10.6 Å². The molecule has 0 amide bonds. The topological polar surface area (TPSA) is 34.1 Å². The van der Waals surface area contributed by atoms with Gasteiger partial charge >= 0.3 is 0 Å². The van der Waals surface area contributed by atoms with Crippen LogP contribution < -0.4 is 10.1 Å². The second-order valence-electron chi connectivity index (χ2n) is 5.06. The lowest BCUT2D eigenvalue weighted by molar-refractivity contribution is 0.415. The van der Waals surface area contributed by atoms with Crippen molar-refractivity contribution in [1.29, 1.82) is 0 Å². The number of nitrogens with zero attached hydrogens (tertiary/aromatic N) is 1. The van der Waals surface area contributed by atoms with Crippen LogP contribution in [0.3, 0.4) is 0 Å². The van der Waals surface area contributed by atoms with E-state index in [0.717, 1.165) is 22.9 Å². The smallest absolute Gasteiger partial charge is 0.124 e. The molecule has 20 heavy (non-hydrogen) atoms. The van der Waals surface area contributed by atoms with Gasteiger partial charge in [0.1, 0.15) is 10.8 Å². The van der Waals surface area contributed by atoms with Crippen LogP contribution in [-0.4, -0.2) is 18.6 Å². The molecule has 1 heterocycles. The van der Waals surface area contributed by atoms with E-state index in [0.29, 0.717) is 6.04 Å². The molecule has 1 N–H and O–H groups in total. The maximum Gasteiger partial charge on any atom is 0.124 e. The Kier molecular flexibility index (Phi) is 4.03. The summed E-state index contributed by atoms with van der Waals surface area (Å²) < 4.78 is 5.30. The van der Waals surface area contributed by atoms with Crippen molar-refractivity contribution in [2.24, 2.45) is 0 Å². The number of methoxy groups -OCH3 is 1. The van der Waals surface area contributed by atoms with Crippen LogP contribution in [0, 0.1) is 0 Å². The molecular weight excluding hydrogens is 268 g/mol. The van der Waals surface area contributed by atoms with E-state index in [9.17, 15) is 0 Å². The fraction of sp³-hybridized carbons (Fsp3) is 0.438. The minimum absolute atomic E-state index is 0.430. The van der Waals surface area contributed by atoms with Gasteiger partial charge in [-0.15, -0.1) is 11.3 Å². The fourth-order valence-corrected chi connectivity index (χ4v) is 3.90. The van der Waals surface area contributed by atoms with Crippen LogP contribution >= 0.6 is 11.3 Å². The molecule has 1 aliphatic carbocycles. The van der Waals surface area contributed by atoms with E-state index in [1.54, 1.807) is 7.11 Å². The number of nitrogens with one attached hydrogen (secondary N) is 1. The summed E-state index contributed by atoms with van der Waals surface area (Å²) in [4.78, 5) is 6.34. The fourth-order valence-electron chi connectivity index (χ4n) is 2.74. The maximum atomic E-state index is 5.30. The van der Waals surface area contributed by atoms with Gasteiger partial charge in [-0.05, 0) is 37.9 Å². The largest absolute Gasteiger partial charge is 0.497 e. The highest BCUT2D eigenvalue weighted by atomic mass is 32.1. The standard InChI is InChI=1S/C16H20N2OS/c1-3-17-13-8-5-9-14-15(13)18-16(20-14)11-6-4-7-12(10-11)19-2/h4,6-7,10,13,17H,3,5,8-9H2,1-2H3. The van der Waals surface area contributed by atoms with E-state index in [-0.39, 0.29) is 0 Å². The SMILES string of the molecule is CCNC1CCCc2sc(-c3cccc(OC)c3)nc21. The van der Waals surface area contributed by atoms with Crippen molar-refractivity contribution in [3.8, 4) is 16.3 Å².